The first kappa shape index (κ1) is 9.50. The minimum Gasteiger partial charge on any atom is -0.396 e. The molecule has 6 heavy (non-hydrogen) atoms. The molecule has 0 heterocycles. The molecule has 0 saturated heterocycles. The summed E-state index contributed by atoms with van der Waals surface area (Å²) in [6.07, 6.45) is 0.875. The molecule has 0 saturated carbocycles. The Kier molecular flexibility index (Phi) is 30.1. The van der Waals surface area contributed by atoms with Crippen molar-refractivity contribution in [2.45, 2.75) is 13.3 Å². The van der Waals surface area contributed by atoms with Crippen molar-refractivity contribution in [1.29, 1.82) is 0 Å². The van der Waals surface area contributed by atoms with E-state index in [1.54, 1.807) is 0 Å². The van der Waals surface area contributed by atoms with Crippen LogP contribution in [0.5, 0.6) is 0 Å². The highest BCUT2D eigenvalue weighted by atomic mass is 31.0. The first-order chi connectivity index (χ1) is 2.91. The molecule has 0 radical (unpaired) electrons. The lowest BCUT2D eigenvalue weighted by Gasteiger charge is -1.69. The van der Waals surface area contributed by atoms with E-state index in [0.717, 1.165) is 6.42 Å². The molecule has 0 aliphatic carbocycles. The van der Waals surface area contributed by atoms with Crippen LogP contribution in [0.2, 0.25) is 0 Å². The summed E-state index contributed by atoms with van der Waals surface area (Å²) in [6, 6.07) is 0. The molecule has 0 amide bonds. The van der Waals surface area contributed by atoms with E-state index in [4.69, 9.17) is 9.67 Å². The van der Waals surface area contributed by atoms with Crippen molar-refractivity contribution in [2.24, 2.45) is 0 Å². The van der Waals surface area contributed by atoms with E-state index in [9.17, 15) is 0 Å². The van der Waals surface area contributed by atoms with E-state index in [2.05, 4.69) is 0 Å². The Morgan fingerprint density at radius 1 is 1.67 bits per heavy atom. The van der Waals surface area contributed by atoms with Gasteiger partial charge in [0.15, 0.2) is 0 Å². The van der Waals surface area contributed by atoms with Gasteiger partial charge in [0.25, 0.3) is 0 Å². The number of hydrogen-bond acceptors (Lipinski definition) is 2. The van der Waals surface area contributed by atoms with Gasteiger partial charge in [-0.2, -0.15) is 0 Å². The average molecular weight is 110 g/mol. The molecule has 0 fully saturated rings. The van der Waals surface area contributed by atoms with Gasteiger partial charge < -0.3 is 9.67 Å². The second kappa shape index (κ2) is 19.0. The standard InChI is InChI=1S/C3H8O.H3OP/c1-2-3-4;1-2/h4H,2-3H2,1H3;2H3. The molecular formula is C3H11O2P. The topological polar surface area (TPSA) is 37.3 Å². The first-order valence-electron chi connectivity index (χ1n) is 1.81. The largest absolute Gasteiger partial charge is 0.396 e. The zero-order chi connectivity index (χ0) is 5.41. The molecule has 0 aliphatic rings. The number of rotatable bonds is 1. The van der Waals surface area contributed by atoms with E-state index in [1.165, 1.54) is 0 Å². The Hall–Kier alpha value is 0.190. The monoisotopic (exact) mass is 110 g/mol. The van der Waals surface area contributed by atoms with Gasteiger partial charge in [-0.15, -0.1) is 0 Å². The van der Waals surface area contributed by atoms with Gasteiger partial charge in [0.2, 0.25) is 0 Å². The molecule has 1 unspecified atom stereocenters. The van der Waals surface area contributed by atoms with Crippen LogP contribution in [0.15, 0.2) is 0 Å². The lowest BCUT2D eigenvalue weighted by atomic mass is 10.5. The fourth-order valence-corrected chi connectivity index (χ4v) is 0. The maximum absolute atomic E-state index is 8.28. The fraction of sp³-hybridized carbons (Fsp3) is 1.00. The predicted molar refractivity (Wildman–Crippen MR) is 29.2 cm³/mol. The predicted octanol–water partition coefficient (Wildman–Crippen LogP) is 0.328. The van der Waals surface area contributed by atoms with Crippen molar-refractivity contribution in [1.82, 2.24) is 0 Å². The Balaban J connectivity index is 0. The zero-order valence-electron chi connectivity index (χ0n) is 3.98. The summed E-state index contributed by atoms with van der Waals surface area (Å²) in [5.74, 6) is 0. The van der Waals surface area contributed by atoms with Gasteiger partial charge in [0, 0.05) is 6.61 Å². The Bertz CT molecular complexity index is 16.3. The molecule has 2 nitrogen and oxygen atoms in total. The van der Waals surface area contributed by atoms with Gasteiger partial charge in [0.1, 0.15) is 0 Å². The van der Waals surface area contributed by atoms with Crippen LogP contribution in [0, 0.1) is 0 Å². The maximum atomic E-state index is 8.28. The highest BCUT2D eigenvalue weighted by Gasteiger charge is 1.57. The quantitative estimate of drug-likeness (QED) is 0.494. The van der Waals surface area contributed by atoms with Gasteiger partial charge >= 0.3 is 0 Å². The van der Waals surface area contributed by atoms with Crippen molar-refractivity contribution in [3.8, 4) is 0 Å². The average Bonchev–Trinajstić information content (AvgIpc) is 1.72. The van der Waals surface area contributed by atoms with Crippen LogP contribution < -0.4 is 0 Å². The van der Waals surface area contributed by atoms with Crippen LogP contribution in [0.4, 0.5) is 0 Å². The third-order valence-electron chi connectivity index (χ3n) is 0.224. The minimum absolute atomic E-state index is 0.319. The van der Waals surface area contributed by atoms with Gasteiger partial charge in [-0.3, -0.25) is 0 Å². The second-order valence-electron chi connectivity index (χ2n) is 0.724. The molecule has 0 aromatic heterocycles. The molecular weight excluding hydrogens is 99.0 g/mol. The third kappa shape index (κ3) is 30.1. The van der Waals surface area contributed by atoms with Crippen molar-refractivity contribution in [2.75, 3.05) is 6.61 Å². The summed E-state index contributed by atoms with van der Waals surface area (Å²) in [6.45, 7) is 2.25. The van der Waals surface area contributed by atoms with Gasteiger partial charge in [-0.25, -0.2) is 0 Å². The number of aliphatic hydroxyl groups is 1. The lowest BCUT2D eigenvalue weighted by molar-refractivity contribution is 0.295. The van der Waals surface area contributed by atoms with Crippen molar-refractivity contribution < 1.29 is 9.67 Å². The molecule has 0 spiro atoms. The number of hydrogen-bond donors (Lipinski definition) is 1. The highest BCUT2D eigenvalue weighted by molar-refractivity contribution is 7.00. The Morgan fingerprint density at radius 2 is 1.83 bits per heavy atom. The van der Waals surface area contributed by atoms with E-state index >= 15 is 0 Å². The molecule has 0 aliphatic heterocycles. The summed E-state index contributed by atoms with van der Waals surface area (Å²) in [5.41, 5.74) is 0. The summed E-state index contributed by atoms with van der Waals surface area (Å²) in [7, 11) is 0.611. The fourth-order valence-electron chi connectivity index (χ4n) is 0. The van der Waals surface area contributed by atoms with Crippen molar-refractivity contribution in [3.05, 3.63) is 0 Å². The van der Waals surface area contributed by atoms with Crippen molar-refractivity contribution in [3.63, 3.8) is 0 Å². The molecule has 0 rings (SSSR count). The number of aliphatic hydroxyl groups excluding tert-OH is 1. The van der Waals surface area contributed by atoms with E-state index in [-0.39, 0.29) is 0 Å². The van der Waals surface area contributed by atoms with Crippen LogP contribution in [0.1, 0.15) is 13.3 Å². The molecule has 3 heteroatoms. The maximum Gasteiger partial charge on any atom is 0.0527 e. The van der Waals surface area contributed by atoms with Crippen LogP contribution in [-0.2, 0) is 4.57 Å². The highest BCUT2D eigenvalue weighted by Crippen LogP contribution is 1.61. The lowest BCUT2D eigenvalue weighted by Crippen LogP contribution is -1.69. The molecule has 0 bridgehead atoms. The summed E-state index contributed by atoms with van der Waals surface area (Å²) >= 11 is 0. The van der Waals surface area contributed by atoms with E-state index < -0.39 is 0 Å². The van der Waals surface area contributed by atoms with Gasteiger partial charge in [-0.1, -0.05) is 6.92 Å². The van der Waals surface area contributed by atoms with Crippen LogP contribution in [-0.4, -0.2) is 11.7 Å². The van der Waals surface area contributed by atoms with Crippen LogP contribution in [0.3, 0.4) is 0 Å². The summed E-state index contributed by atoms with van der Waals surface area (Å²) in [4.78, 5) is 0. The van der Waals surface area contributed by atoms with Gasteiger partial charge in [-0.05, 0) is 6.42 Å². The molecule has 40 valence electrons. The van der Waals surface area contributed by atoms with E-state index in [0.29, 0.717) is 15.7 Å². The van der Waals surface area contributed by atoms with Crippen molar-refractivity contribution >= 4 is 9.12 Å². The Labute approximate surface area is 39.8 Å². The Morgan fingerprint density at radius 3 is 1.83 bits per heavy atom. The summed E-state index contributed by atoms with van der Waals surface area (Å²) < 4.78 is 8.28. The molecule has 1 atom stereocenters. The van der Waals surface area contributed by atoms with Crippen LogP contribution in [0.25, 0.3) is 0 Å². The molecule has 0 aromatic carbocycles. The second-order valence-corrected chi connectivity index (χ2v) is 0.724. The zero-order valence-corrected chi connectivity index (χ0v) is 5.39. The van der Waals surface area contributed by atoms with Crippen LogP contribution >= 0.6 is 9.12 Å². The van der Waals surface area contributed by atoms with Gasteiger partial charge in [0.05, 0.1) is 9.12 Å². The molecule has 0 aromatic rings. The minimum atomic E-state index is 0.319. The van der Waals surface area contributed by atoms with E-state index in [1.807, 2.05) is 6.92 Å². The molecule has 1 N–H and O–H groups in total. The normalized spacial score (nSPS) is 6.33. The third-order valence-corrected chi connectivity index (χ3v) is 0.224. The first-order valence-corrected chi connectivity index (χ1v) is 2.39. The summed E-state index contributed by atoms with van der Waals surface area (Å²) in [5, 5.41) is 7.88. The smallest absolute Gasteiger partial charge is 0.0527 e. The SMILES string of the molecule is CCCO.O=[PH3].